The zero-order chi connectivity index (χ0) is 13.3. The number of halogens is 1. The molecule has 114 valence electrons. The van der Waals surface area contributed by atoms with Crippen molar-refractivity contribution in [3.05, 3.63) is 18.0 Å². The van der Waals surface area contributed by atoms with E-state index in [1.807, 2.05) is 17.9 Å². The predicted molar refractivity (Wildman–Crippen MR) is 87.7 cm³/mol. The van der Waals surface area contributed by atoms with E-state index < -0.39 is 0 Å². The molecule has 2 aliphatic rings. The van der Waals surface area contributed by atoms with E-state index in [2.05, 4.69) is 40.2 Å². The average molecular weight is 317 g/mol. The molecule has 2 unspecified atom stereocenters. The lowest BCUT2D eigenvalue weighted by molar-refractivity contribution is 0.143. The van der Waals surface area contributed by atoms with Crippen LogP contribution >= 0.6 is 24.2 Å². The first-order chi connectivity index (χ1) is 9.16. The van der Waals surface area contributed by atoms with Gasteiger partial charge in [0.25, 0.3) is 0 Å². The van der Waals surface area contributed by atoms with Crippen LogP contribution in [-0.2, 0) is 7.05 Å². The molecule has 0 aromatic carbocycles. The minimum atomic E-state index is 0. The second kappa shape index (κ2) is 6.69. The maximum atomic E-state index is 4.34. The topological polar surface area (TPSA) is 33.1 Å². The second-order valence-electron chi connectivity index (χ2n) is 6.25. The van der Waals surface area contributed by atoms with Crippen LogP contribution < -0.4 is 5.32 Å². The Balaban J connectivity index is 0.00000147. The summed E-state index contributed by atoms with van der Waals surface area (Å²) in [7, 11) is 2.01. The number of hydrogen-bond donors (Lipinski definition) is 1. The van der Waals surface area contributed by atoms with Crippen molar-refractivity contribution >= 4 is 24.2 Å². The van der Waals surface area contributed by atoms with E-state index in [1.54, 1.807) is 0 Å². The molecule has 2 fully saturated rings. The molecule has 1 aromatic rings. The molecule has 0 saturated carbocycles. The molecule has 0 amide bonds. The maximum Gasteiger partial charge on any atom is 0.0537 e. The molecular weight excluding hydrogens is 292 g/mol. The van der Waals surface area contributed by atoms with E-state index in [0.717, 1.165) is 6.54 Å². The van der Waals surface area contributed by atoms with E-state index >= 15 is 0 Å². The number of thioether (sulfide) groups is 1. The van der Waals surface area contributed by atoms with Gasteiger partial charge in [-0.25, -0.2) is 0 Å². The van der Waals surface area contributed by atoms with Crippen molar-refractivity contribution in [1.29, 1.82) is 0 Å². The fraction of sp³-hybridized carbons (Fsp3) is 0.786. The minimum Gasteiger partial charge on any atom is -0.316 e. The van der Waals surface area contributed by atoms with Crippen molar-refractivity contribution in [2.45, 2.75) is 19.4 Å². The van der Waals surface area contributed by atoms with E-state index in [-0.39, 0.29) is 12.4 Å². The first-order valence-electron chi connectivity index (χ1n) is 7.17. The Labute approximate surface area is 132 Å². The lowest BCUT2D eigenvalue weighted by Crippen LogP contribution is -2.43. The van der Waals surface area contributed by atoms with Crippen molar-refractivity contribution in [2.75, 3.05) is 37.7 Å². The van der Waals surface area contributed by atoms with Gasteiger partial charge in [0, 0.05) is 56.0 Å². The summed E-state index contributed by atoms with van der Waals surface area (Å²) in [5.74, 6) is 2.47. The van der Waals surface area contributed by atoms with Crippen molar-refractivity contribution < 1.29 is 0 Å². The zero-order valence-corrected chi connectivity index (χ0v) is 14.0. The average Bonchev–Trinajstić information content (AvgIpc) is 2.99. The molecule has 4 nitrogen and oxygen atoms in total. The highest BCUT2D eigenvalue weighted by atomic mass is 35.5. The van der Waals surface area contributed by atoms with Gasteiger partial charge in [0.1, 0.15) is 0 Å². The summed E-state index contributed by atoms with van der Waals surface area (Å²) in [4.78, 5) is 2.68. The van der Waals surface area contributed by atoms with Crippen LogP contribution in [0, 0.1) is 5.41 Å². The number of nitrogens with one attached hydrogen (secondary N) is 1. The Kier molecular flexibility index (Phi) is 5.40. The highest BCUT2D eigenvalue weighted by Crippen LogP contribution is 2.34. The molecular formula is C14H25ClN4S. The third-order valence-corrected chi connectivity index (χ3v) is 5.41. The van der Waals surface area contributed by atoms with Gasteiger partial charge < -0.3 is 5.32 Å². The van der Waals surface area contributed by atoms with Crippen LogP contribution in [-0.4, -0.2) is 52.4 Å². The van der Waals surface area contributed by atoms with E-state index in [9.17, 15) is 0 Å². The van der Waals surface area contributed by atoms with Crippen LogP contribution in [0.3, 0.4) is 0 Å². The van der Waals surface area contributed by atoms with E-state index in [0.29, 0.717) is 11.5 Å². The fourth-order valence-electron chi connectivity index (χ4n) is 3.24. The van der Waals surface area contributed by atoms with Crippen LogP contribution in [0.25, 0.3) is 0 Å². The molecule has 1 aromatic heterocycles. The quantitative estimate of drug-likeness (QED) is 0.924. The van der Waals surface area contributed by atoms with Crippen molar-refractivity contribution in [3.8, 4) is 0 Å². The molecule has 3 heterocycles. The second-order valence-corrected chi connectivity index (χ2v) is 7.40. The van der Waals surface area contributed by atoms with Crippen LogP contribution in [0.1, 0.15) is 24.9 Å². The van der Waals surface area contributed by atoms with Gasteiger partial charge in [-0.1, -0.05) is 6.92 Å². The van der Waals surface area contributed by atoms with Crippen molar-refractivity contribution in [3.63, 3.8) is 0 Å². The Bertz CT molecular complexity index is 431. The molecule has 0 spiro atoms. The highest BCUT2D eigenvalue weighted by molar-refractivity contribution is 7.99. The molecule has 2 atom stereocenters. The van der Waals surface area contributed by atoms with Gasteiger partial charge in [-0.05, 0) is 18.4 Å². The van der Waals surface area contributed by atoms with Gasteiger partial charge in [0.2, 0.25) is 0 Å². The first-order valence-corrected chi connectivity index (χ1v) is 8.33. The standard InChI is InChI=1S/C14H24N4S.ClH/c1-14(3-4-15-10-14)11-18-5-6-19-9-13(18)12-7-16-17(2)8-12;/h7-8,13,15H,3-6,9-11H2,1-2H3;1H. The molecule has 2 aliphatic heterocycles. The Morgan fingerprint density at radius 3 is 3.05 bits per heavy atom. The number of aryl methyl sites for hydroxylation is 1. The molecule has 1 N–H and O–H groups in total. The summed E-state index contributed by atoms with van der Waals surface area (Å²) >= 11 is 2.07. The largest absolute Gasteiger partial charge is 0.316 e. The summed E-state index contributed by atoms with van der Waals surface area (Å²) in [6.45, 7) is 7.18. The lowest BCUT2D eigenvalue weighted by atomic mass is 9.88. The van der Waals surface area contributed by atoms with Gasteiger partial charge in [0.05, 0.1) is 6.20 Å². The smallest absolute Gasteiger partial charge is 0.0537 e. The molecule has 0 aliphatic carbocycles. The van der Waals surface area contributed by atoms with Crippen LogP contribution in [0.4, 0.5) is 0 Å². The van der Waals surface area contributed by atoms with Crippen LogP contribution in [0.15, 0.2) is 12.4 Å². The molecule has 6 heteroatoms. The SMILES string of the molecule is Cl.Cn1cc(C2CSCCN2CC2(C)CCNC2)cn1. The Morgan fingerprint density at radius 2 is 2.40 bits per heavy atom. The maximum absolute atomic E-state index is 4.34. The molecule has 0 bridgehead atoms. The van der Waals surface area contributed by atoms with E-state index in [1.165, 1.54) is 43.1 Å². The lowest BCUT2D eigenvalue weighted by Gasteiger charge is -2.39. The number of aromatic nitrogens is 2. The molecule has 0 radical (unpaired) electrons. The summed E-state index contributed by atoms with van der Waals surface area (Å²) in [5, 5.41) is 7.86. The molecule has 3 rings (SSSR count). The molecule has 20 heavy (non-hydrogen) atoms. The summed E-state index contributed by atoms with van der Waals surface area (Å²) < 4.78 is 1.92. The summed E-state index contributed by atoms with van der Waals surface area (Å²) in [6.07, 6.45) is 5.52. The van der Waals surface area contributed by atoms with Gasteiger partial charge in [0.15, 0.2) is 0 Å². The Hall–Kier alpha value is -0.230. The van der Waals surface area contributed by atoms with Gasteiger partial charge in [-0.15, -0.1) is 12.4 Å². The zero-order valence-electron chi connectivity index (χ0n) is 12.3. The summed E-state index contributed by atoms with van der Waals surface area (Å²) in [6, 6.07) is 0.546. The van der Waals surface area contributed by atoms with Gasteiger partial charge >= 0.3 is 0 Å². The number of nitrogens with zero attached hydrogens (tertiary/aromatic N) is 3. The monoisotopic (exact) mass is 316 g/mol. The van der Waals surface area contributed by atoms with Crippen LogP contribution in [0.2, 0.25) is 0 Å². The van der Waals surface area contributed by atoms with Crippen molar-refractivity contribution in [1.82, 2.24) is 20.0 Å². The third-order valence-electron chi connectivity index (χ3n) is 4.39. The normalized spacial score (nSPS) is 31.2. The Morgan fingerprint density at radius 1 is 1.55 bits per heavy atom. The van der Waals surface area contributed by atoms with Crippen LogP contribution in [0.5, 0.6) is 0 Å². The summed E-state index contributed by atoms with van der Waals surface area (Å²) in [5.41, 5.74) is 1.83. The van der Waals surface area contributed by atoms with Crippen molar-refractivity contribution in [2.24, 2.45) is 12.5 Å². The first kappa shape index (κ1) is 16.1. The van der Waals surface area contributed by atoms with Gasteiger partial charge in [-0.3, -0.25) is 9.58 Å². The van der Waals surface area contributed by atoms with Gasteiger partial charge in [-0.2, -0.15) is 16.9 Å². The minimum absolute atomic E-state index is 0. The highest BCUT2D eigenvalue weighted by Gasteiger charge is 2.34. The predicted octanol–water partition coefficient (Wildman–Crippen LogP) is 1.93. The fourth-order valence-corrected chi connectivity index (χ4v) is 4.40. The third kappa shape index (κ3) is 3.50. The van der Waals surface area contributed by atoms with E-state index in [4.69, 9.17) is 0 Å². The molecule has 2 saturated heterocycles. The number of hydrogen-bond acceptors (Lipinski definition) is 4. The number of rotatable bonds is 3.